The van der Waals surface area contributed by atoms with Crippen LogP contribution in [0.4, 0.5) is 5.69 Å². The van der Waals surface area contributed by atoms with Crippen LogP contribution < -0.4 is 10.7 Å². The van der Waals surface area contributed by atoms with Crippen molar-refractivity contribution in [1.29, 1.82) is 0 Å². The van der Waals surface area contributed by atoms with Gasteiger partial charge in [0.25, 0.3) is 5.91 Å². The predicted octanol–water partition coefficient (Wildman–Crippen LogP) is 3.37. The lowest BCUT2D eigenvalue weighted by molar-refractivity contribution is -0.119. The minimum Gasteiger partial charge on any atom is -0.376 e. The summed E-state index contributed by atoms with van der Waals surface area (Å²) in [5.74, 6) is 0.327. The molecule has 0 bridgehead atoms. The van der Waals surface area contributed by atoms with Crippen molar-refractivity contribution in [2.24, 2.45) is 5.10 Å². The van der Waals surface area contributed by atoms with Crippen LogP contribution in [-0.4, -0.2) is 18.7 Å². The molecule has 0 fully saturated rings. The summed E-state index contributed by atoms with van der Waals surface area (Å²) in [6.07, 6.45) is 1.64. The number of hydrazone groups is 1. The summed E-state index contributed by atoms with van der Waals surface area (Å²) >= 11 is 0. The van der Waals surface area contributed by atoms with Crippen molar-refractivity contribution in [1.82, 2.24) is 5.43 Å². The summed E-state index contributed by atoms with van der Waals surface area (Å²) in [5, 5.41) is 6.99. The van der Waals surface area contributed by atoms with Gasteiger partial charge in [-0.1, -0.05) is 56.3 Å². The maximum absolute atomic E-state index is 11.7. The minimum absolute atomic E-state index is 0.182. The summed E-state index contributed by atoms with van der Waals surface area (Å²) in [6.45, 7) is 4.50. The fraction of sp³-hybridized carbons (Fsp3) is 0.222. The summed E-state index contributed by atoms with van der Waals surface area (Å²) in [4.78, 5) is 11.7. The third-order valence-corrected chi connectivity index (χ3v) is 3.23. The highest BCUT2D eigenvalue weighted by Gasteiger charge is 1.99. The molecule has 0 saturated heterocycles. The first-order valence-electron chi connectivity index (χ1n) is 7.36. The van der Waals surface area contributed by atoms with Gasteiger partial charge in [-0.3, -0.25) is 4.79 Å². The normalized spacial score (nSPS) is 10.9. The number of nitrogens with zero attached hydrogens (tertiary/aromatic N) is 1. The fourth-order valence-electron chi connectivity index (χ4n) is 1.92. The van der Waals surface area contributed by atoms with E-state index in [2.05, 4.69) is 41.8 Å². The van der Waals surface area contributed by atoms with Gasteiger partial charge in [-0.05, 0) is 29.2 Å². The van der Waals surface area contributed by atoms with E-state index >= 15 is 0 Å². The zero-order chi connectivity index (χ0) is 15.8. The SMILES string of the molecule is CC(C)c1ccc(/C=N\NC(=O)CNc2ccccc2)cc1. The predicted molar refractivity (Wildman–Crippen MR) is 91.2 cm³/mol. The van der Waals surface area contributed by atoms with E-state index in [1.54, 1.807) is 6.21 Å². The number of para-hydroxylation sites is 1. The van der Waals surface area contributed by atoms with Gasteiger partial charge in [0.15, 0.2) is 0 Å². The van der Waals surface area contributed by atoms with Crippen molar-refractivity contribution in [2.45, 2.75) is 19.8 Å². The van der Waals surface area contributed by atoms with Gasteiger partial charge < -0.3 is 5.32 Å². The molecule has 2 aromatic carbocycles. The highest BCUT2D eigenvalue weighted by atomic mass is 16.2. The molecule has 0 unspecified atom stereocenters. The molecular formula is C18H21N3O. The second-order valence-corrected chi connectivity index (χ2v) is 5.33. The number of benzene rings is 2. The molecule has 4 nitrogen and oxygen atoms in total. The van der Waals surface area contributed by atoms with E-state index < -0.39 is 0 Å². The zero-order valence-electron chi connectivity index (χ0n) is 12.9. The van der Waals surface area contributed by atoms with Crippen LogP contribution >= 0.6 is 0 Å². The lowest BCUT2D eigenvalue weighted by atomic mass is 10.0. The number of hydrogen-bond donors (Lipinski definition) is 2. The van der Waals surface area contributed by atoms with E-state index in [1.807, 2.05) is 42.5 Å². The molecule has 0 aliphatic rings. The second kappa shape index (κ2) is 7.98. The van der Waals surface area contributed by atoms with Crippen molar-refractivity contribution in [3.05, 3.63) is 65.7 Å². The van der Waals surface area contributed by atoms with Crippen LogP contribution in [0.25, 0.3) is 0 Å². The van der Waals surface area contributed by atoms with Crippen LogP contribution in [0.15, 0.2) is 59.7 Å². The average molecular weight is 295 g/mol. The lowest BCUT2D eigenvalue weighted by Gasteiger charge is -2.05. The summed E-state index contributed by atoms with van der Waals surface area (Å²) in [7, 11) is 0. The number of hydrogen-bond acceptors (Lipinski definition) is 3. The molecule has 2 rings (SSSR count). The Morgan fingerprint density at radius 3 is 2.41 bits per heavy atom. The third-order valence-electron chi connectivity index (χ3n) is 3.23. The minimum atomic E-state index is -0.182. The van der Waals surface area contributed by atoms with Crippen molar-refractivity contribution >= 4 is 17.8 Å². The second-order valence-electron chi connectivity index (χ2n) is 5.33. The molecule has 4 heteroatoms. The molecule has 0 saturated carbocycles. The molecule has 0 heterocycles. The molecule has 0 radical (unpaired) electrons. The summed E-state index contributed by atoms with van der Waals surface area (Å²) in [6, 6.07) is 17.7. The van der Waals surface area contributed by atoms with E-state index in [0.29, 0.717) is 5.92 Å². The molecule has 114 valence electrons. The van der Waals surface area contributed by atoms with Crippen molar-refractivity contribution < 1.29 is 4.79 Å². The first-order valence-corrected chi connectivity index (χ1v) is 7.36. The number of carbonyl (C=O) groups excluding carboxylic acids is 1. The highest BCUT2D eigenvalue weighted by molar-refractivity contribution is 5.84. The smallest absolute Gasteiger partial charge is 0.259 e. The van der Waals surface area contributed by atoms with Crippen LogP contribution in [0, 0.1) is 0 Å². The summed E-state index contributed by atoms with van der Waals surface area (Å²) < 4.78 is 0. The van der Waals surface area contributed by atoms with Crippen molar-refractivity contribution in [2.75, 3.05) is 11.9 Å². The first-order chi connectivity index (χ1) is 10.6. The molecule has 0 atom stereocenters. The van der Waals surface area contributed by atoms with Crippen LogP contribution in [-0.2, 0) is 4.79 Å². The highest BCUT2D eigenvalue weighted by Crippen LogP contribution is 2.13. The molecule has 0 spiro atoms. The van der Waals surface area contributed by atoms with Gasteiger partial charge in [-0.25, -0.2) is 5.43 Å². The van der Waals surface area contributed by atoms with Gasteiger partial charge in [0.2, 0.25) is 0 Å². The maximum atomic E-state index is 11.7. The number of nitrogens with one attached hydrogen (secondary N) is 2. The van der Waals surface area contributed by atoms with Crippen LogP contribution in [0.5, 0.6) is 0 Å². The molecule has 22 heavy (non-hydrogen) atoms. The van der Waals surface area contributed by atoms with Gasteiger partial charge in [-0.2, -0.15) is 5.10 Å². The number of amides is 1. The molecule has 1 amide bonds. The largest absolute Gasteiger partial charge is 0.376 e. The van der Waals surface area contributed by atoms with E-state index in [0.717, 1.165) is 11.3 Å². The monoisotopic (exact) mass is 295 g/mol. The zero-order valence-corrected chi connectivity index (χ0v) is 12.9. The first kappa shape index (κ1) is 15.8. The molecule has 0 aliphatic carbocycles. The number of carbonyl (C=O) groups is 1. The van der Waals surface area contributed by atoms with E-state index in [9.17, 15) is 4.79 Å². The van der Waals surface area contributed by atoms with Crippen LogP contribution in [0.3, 0.4) is 0 Å². The molecule has 0 aliphatic heterocycles. The van der Waals surface area contributed by atoms with Crippen LogP contribution in [0.2, 0.25) is 0 Å². The Morgan fingerprint density at radius 2 is 1.77 bits per heavy atom. The van der Waals surface area contributed by atoms with Crippen molar-refractivity contribution in [3.63, 3.8) is 0 Å². The molecule has 2 aromatic rings. The summed E-state index contributed by atoms with van der Waals surface area (Å²) in [5.41, 5.74) is 5.66. The van der Waals surface area contributed by atoms with Gasteiger partial charge in [0.1, 0.15) is 0 Å². The van der Waals surface area contributed by atoms with Gasteiger partial charge in [-0.15, -0.1) is 0 Å². The lowest BCUT2D eigenvalue weighted by Crippen LogP contribution is -2.25. The average Bonchev–Trinajstić information content (AvgIpc) is 2.54. The van der Waals surface area contributed by atoms with Gasteiger partial charge in [0, 0.05) is 5.69 Å². The Hall–Kier alpha value is -2.62. The quantitative estimate of drug-likeness (QED) is 0.634. The Morgan fingerprint density at radius 1 is 1.09 bits per heavy atom. The van der Waals surface area contributed by atoms with Crippen molar-refractivity contribution in [3.8, 4) is 0 Å². The number of anilines is 1. The Bertz CT molecular complexity index is 619. The third kappa shape index (κ3) is 5.05. The Balaban J connectivity index is 1.78. The molecular weight excluding hydrogens is 274 g/mol. The van der Waals surface area contributed by atoms with Gasteiger partial charge >= 0.3 is 0 Å². The van der Waals surface area contributed by atoms with E-state index in [-0.39, 0.29) is 12.5 Å². The fourth-order valence-corrected chi connectivity index (χ4v) is 1.92. The number of rotatable bonds is 6. The van der Waals surface area contributed by atoms with E-state index in [1.165, 1.54) is 5.56 Å². The Labute approximate surface area is 131 Å². The van der Waals surface area contributed by atoms with Crippen LogP contribution in [0.1, 0.15) is 30.9 Å². The molecule has 0 aromatic heterocycles. The molecule has 2 N–H and O–H groups in total. The van der Waals surface area contributed by atoms with Gasteiger partial charge in [0.05, 0.1) is 12.8 Å². The maximum Gasteiger partial charge on any atom is 0.259 e. The topological polar surface area (TPSA) is 53.5 Å². The standard InChI is InChI=1S/C18H21N3O/c1-14(2)16-10-8-15(9-11-16)12-20-21-18(22)13-19-17-6-4-3-5-7-17/h3-12,14,19H,13H2,1-2H3,(H,21,22)/b20-12-. The van der Waals surface area contributed by atoms with E-state index in [4.69, 9.17) is 0 Å². The Kier molecular flexibility index (Phi) is 5.72.